The summed E-state index contributed by atoms with van der Waals surface area (Å²) in [6, 6.07) is 0. The van der Waals surface area contributed by atoms with Gasteiger partial charge in [0.15, 0.2) is 0 Å². The van der Waals surface area contributed by atoms with Gasteiger partial charge in [-0.3, -0.25) is 4.70 Å². The zero-order valence-corrected chi connectivity index (χ0v) is 9.29. The molecule has 0 nitrogen and oxygen atoms in total. The summed E-state index contributed by atoms with van der Waals surface area (Å²) < 4.78 is 0. The fourth-order valence-corrected chi connectivity index (χ4v) is 0. The Morgan fingerprint density at radius 2 is 1.50 bits per heavy atom. The van der Waals surface area contributed by atoms with Crippen LogP contribution < -0.4 is 0 Å². The summed E-state index contributed by atoms with van der Waals surface area (Å²) in [5.41, 5.74) is 0. The van der Waals surface area contributed by atoms with E-state index in [4.69, 9.17) is 0 Å². The average Bonchev–Trinajstić information content (AvgIpc) is 1.00. The van der Waals surface area contributed by atoms with Crippen LogP contribution in [0.3, 0.4) is 0 Å². The predicted octanol–water partition coefficient (Wildman–Crippen LogP) is 0.642. The first-order valence-corrected chi connectivity index (χ1v) is 5.81. The zero-order valence-electron chi connectivity index (χ0n) is 4.23. The summed E-state index contributed by atoms with van der Waals surface area (Å²) in [6.45, 7) is 0. The Morgan fingerprint density at radius 3 is 1.50 bits per heavy atom. The molecular formula is H3CaCdFS. The third-order valence-electron chi connectivity index (χ3n) is 0. The van der Waals surface area contributed by atoms with Crippen LogP contribution in [-0.4, -0.2) is 37.7 Å². The van der Waals surface area contributed by atoms with Gasteiger partial charge in [-0.05, 0) is 0 Å². The molecule has 0 fully saturated rings. The topological polar surface area (TPSA) is 0 Å². The van der Waals surface area contributed by atoms with E-state index in [9.17, 15) is 0 Å². The summed E-state index contributed by atoms with van der Waals surface area (Å²) in [5.74, 6) is 0. The maximum atomic E-state index is 4.25. The second-order valence-corrected chi connectivity index (χ2v) is 0. The third kappa shape index (κ3) is 8.84. The molecule has 0 spiro atoms. The predicted molar refractivity (Wildman–Crippen MR) is 18.1 cm³/mol. The third-order valence-corrected chi connectivity index (χ3v) is 0. The van der Waals surface area contributed by atoms with E-state index in [1.807, 2.05) is 0 Å². The first-order valence-electron chi connectivity index (χ1n) is 0.289. The fraction of sp³-hybridized carbons (Fsp3) is 0. The van der Waals surface area contributed by atoms with Gasteiger partial charge in [-0.2, -0.15) is 0 Å². The quantitative estimate of drug-likeness (QED) is 0.525. The van der Waals surface area contributed by atoms with Crippen molar-refractivity contribution >= 4 is 46.4 Å². The van der Waals surface area contributed by atoms with Crippen LogP contribution in [0, 0.1) is 0 Å². The van der Waals surface area contributed by atoms with Crippen molar-refractivity contribution in [2.24, 2.45) is 0 Å². The molecule has 0 amide bonds. The van der Waals surface area contributed by atoms with Crippen LogP contribution in [0.15, 0.2) is 0 Å². The van der Waals surface area contributed by atoms with Crippen LogP contribution in [0.2, 0.25) is 0 Å². The van der Waals surface area contributed by atoms with Crippen LogP contribution in [0.4, 0.5) is 4.70 Å². The standard InChI is InChI=1S/Ca.Cd.FH.S.2H/h;;1H;;;/q+2;;;;2*-1. The molecule has 0 radical (unpaired) electrons. The first-order chi connectivity index (χ1) is 1.00. The average molecular weight is 207 g/mol. The van der Waals surface area contributed by atoms with Crippen LogP contribution in [0.1, 0.15) is 2.85 Å². The van der Waals surface area contributed by atoms with Crippen molar-refractivity contribution in [3.63, 3.8) is 0 Å². The summed E-state index contributed by atoms with van der Waals surface area (Å²) >= 11 is 0.733. The molecule has 0 heterocycles. The molecule has 0 aromatic rings. The molecule has 0 aliphatic heterocycles. The van der Waals surface area contributed by atoms with E-state index < -0.39 is 0 Å². The molecule has 0 saturated heterocycles. The van der Waals surface area contributed by atoms with Gasteiger partial charge in [-0.25, -0.2) is 0 Å². The number of hydrogen-bond donors (Lipinski definition) is 0. The van der Waals surface area contributed by atoms with Crippen molar-refractivity contribution in [3.05, 3.63) is 0 Å². The Morgan fingerprint density at radius 1 is 1.50 bits per heavy atom. The van der Waals surface area contributed by atoms with Gasteiger partial charge in [0.1, 0.15) is 0 Å². The first kappa shape index (κ1) is 16.2. The fourth-order valence-electron chi connectivity index (χ4n) is 0. The SMILES string of the molecule is F.[Ca+2].[H-].[H-].[S]=[Cd]. The van der Waals surface area contributed by atoms with Gasteiger partial charge < -0.3 is 2.85 Å². The van der Waals surface area contributed by atoms with E-state index in [0.717, 1.165) is 23.7 Å². The minimum atomic E-state index is 0. The van der Waals surface area contributed by atoms with Crippen molar-refractivity contribution < 1.29 is 31.2 Å². The Hall–Kier alpha value is 2.33. The number of hydrogen-bond acceptors (Lipinski definition) is 1. The second-order valence-electron chi connectivity index (χ2n) is 0. The maximum absolute atomic E-state index is 4.25. The van der Waals surface area contributed by atoms with Crippen LogP contribution >= 0.6 is 8.65 Å². The van der Waals surface area contributed by atoms with E-state index >= 15 is 0 Å². The Balaban J connectivity index is -0.000000000833. The molecular weight excluding hydrogens is 204 g/mol. The van der Waals surface area contributed by atoms with Crippen LogP contribution in [0.5, 0.6) is 0 Å². The van der Waals surface area contributed by atoms with Gasteiger partial charge in [-0.1, -0.05) is 0 Å². The van der Waals surface area contributed by atoms with Crippen molar-refractivity contribution in [2.45, 2.75) is 0 Å². The Bertz CT molecular complexity index is 13.5. The Kier molecular flexibility index (Phi) is 74.6. The molecule has 20 valence electrons. The molecule has 0 bridgehead atoms. The summed E-state index contributed by atoms with van der Waals surface area (Å²) in [6.07, 6.45) is 0. The minimum absolute atomic E-state index is 0. The molecule has 0 aliphatic carbocycles. The van der Waals surface area contributed by atoms with Crippen molar-refractivity contribution in [2.75, 3.05) is 0 Å². The zero-order chi connectivity index (χ0) is 2.00. The molecule has 4 heteroatoms. The monoisotopic (exact) mass is 208 g/mol. The van der Waals surface area contributed by atoms with Gasteiger partial charge in [0, 0.05) is 0 Å². The molecule has 0 aromatic heterocycles. The summed E-state index contributed by atoms with van der Waals surface area (Å²) in [4.78, 5) is 0. The molecule has 0 rings (SSSR count). The molecule has 0 aromatic carbocycles. The van der Waals surface area contributed by atoms with Gasteiger partial charge in [0.05, 0.1) is 0 Å². The second kappa shape index (κ2) is 18.4. The van der Waals surface area contributed by atoms with Crippen molar-refractivity contribution in [1.29, 1.82) is 0 Å². The normalized spacial score (nSPS) is 1.50. The van der Waals surface area contributed by atoms with Crippen LogP contribution in [-0.2, 0) is 23.7 Å². The summed E-state index contributed by atoms with van der Waals surface area (Å²) in [7, 11) is 4.25. The van der Waals surface area contributed by atoms with Crippen molar-refractivity contribution in [3.8, 4) is 0 Å². The number of rotatable bonds is 0. The van der Waals surface area contributed by atoms with E-state index in [1.54, 1.807) is 0 Å². The summed E-state index contributed by atoms with van der Waals surface area (Å²) in [5, 5.41) is 0. The molecule has 0 saturated carbocycles. The van der Waals surface area contributed by atoms with E-state index in [1.165, 1.54) is 0 Å². The molecule has 0 unspecified atom stereocenters. The molecule has 0 aliphatic rings. The van der Waals surface area contributed by atoms with Gasteiger partial charge in [0.25, 0.3) is 0 Å². The van der Waals surface area contributed by atoms with Gasteiger partial charge in [0.2, 0.25) is 0 Å². The van der Waals surface area contributed by atoms with E-state index in [2.05, 4.69) is 8.65 Å². The van der Waals surface area contributed by atoms with Crippen LogP contribution in [0.25, 0.3) is 0 Å². The van der Waals surface area contributed by atoms with Gasteiger partial charge >= 0.3 is 70.1 Å². The van der Waals surface area contributed by atoms with E-state index in [0.29, 0.717) is 0 Å². The molecule has 0 atom stereocenters. The molecule has 4 heavy (non-hydrogen) atoms. The Labute approximate surface area is 76.2 Å². The van der Waals surface area contributed by atoms with Crippen molar-refractivity contribution in [1.82, 2.24) is 0 Å². The number of halogens is 1. The van der Waals surface area contributed by atoms with Gasteiger partial charge in [-0.15, -0.1) is 0 Å². The molecule has 0 N–H and O–H groups in total. The van der Waals surface area contributed by atoms with E-state index in [-0.39, 0.29) is 45.3 Å².